The lowest BCUT2D eigenvalue weighted by molar-refractivity contribution is -0.146. The quantitative estimate of drug-likeness (QED) is 0.827. The fourth-order valence-electron chi connectivity index (χ4n) is 1.92. The van der Waals surface area contributed by atoms with Crippen LogP contribution in [-0.2, 0) is 20.7 Å². The van der Waals surface area contributed by atoms with Gasteiger partial charge < -0.3 is 10.1 Å². The number of anilines is 1. The number of amides is 1. The van der Waals surface area contributed by atoms with Crippen LogP contribution in [0.25, 0.3) is 0 Å². The van der Waals surface area contributed by atoms with Gasteiger partial charge in [-0.3, -0.25) is 9.59 Å². The van der Waals surface area contributed by atoms with Crippen LogP contribution in [0.1, 0.15) is 11.1 Å². The largest absolute Gasteiger partial charge is 0.455 e. The Labute approximate surface area is 144 Å². The number of benzene rings is 2. The average Bonchev–Trinajstić information content (AvgIpc) is 2.50. The summed E-state index contributed by atoms with van der Waals surface area (Å²) < 4.78 is 4.96. The molecule has 0 saturated carbocycles. The van der Waals surface area contributed by atoms with Crippen LogP contribution in [0.5, 0.6) is 0 Å². The lowest BCUT2D eigenvalue weighted by atomic mass is 10.1. The van der Waals surface area contributed by atoms with E-state index in [-0.39, 0.29) is 13.0 Å². The minimum Gasteiger partial charge on any atom is -0.455 e. The van der Waals surface area contributed by atoms with Crippen LogP contribution >= 0.6 is 23.2 Å². The molecule has 0 aliphatic heterocycles. The minimum atomic E-state index is -0.477. The molecule has 0 unspecified atom stereocenters. The molecule has 0 radical (unpaired) electrons. The van der Waals surface area contributed by atoms with Gasteiger partial charge >= 0.3 is 5.97 Å². The lowest BCUT2D eigenvalue weighted by Gasteiger charge is -2.09. The summed E-state index contributed by atoms with van der Waals surface area (Å²) in [5, 5.41) is 3.86. The van der Waals surface area contributed by atoms with Crippen molar-refractivity contribution in [3.05, 3.63) is 63.6 Å². The highest BCUT2D eigenvalue weighted by molar-refractivity contribution is 6.31. The molecule has 1 amide bonds. The summed E-state index contributed by atoms with van der Waals surface area (Å²) in [4.78, 5) is 23.5. The SMILES string of the molecule is Cc1cc(Cl)ccc1NC(=O)COC(=O)Cc1ccc(Cl)cc1. The van der Waals surface area contributed by atoms with Gasteiger partial charge in [-0.05, 0) is 48.4 Å². The Kier molecular flexibility index (Phi) is 6.02. The fraction of sp³-hybridized carbons (Fsp3) is 0.176. The molecule has 0 heterocycles. The van der Waals surface area contributed by atoms with Gasteiger partial charge in [0.2, 0.25) is 0 Å². The normalized spacial score (nSPS) is 10.2. The first kappa shape index (κ1) is 17.3. The molecule has 0 aromatic heterocycles. The molecular weight excluding hydrogens is 337 g/mol. The van der Waals surface area contributed by atoms with E-state index in [2.05, 4.69) is 5.32 Å². The second-order valence-electron chi connectivity index (χ2n) is 4.97. The maximum Gasteiger partial charge on any atom is 0.310 e. The second kappa shape index (κ2) is 7.99. The number of carbonyl (C=O) groups excluding carboxylic acids is 2. The predicted molar refractivity (Wildman–Crippen MR) is 90.9 cm³/mol. The summed E-state index contributed by atoms with van der Waals surface area (Å²) in [5.74, 6) is -0.879. The van der Waals surface area contributed by atoms with Crippen LogP contribution in [0.4, 0.5) is 5.69 Å². The summed E-state index contributed by atoms with van der Waals surface area (Å²) in [7, 11) is 0. The number of halogens is 2. The van der Waals surface area contributed by atoms with Crippen molar-refractivity contribution in [3.63, 3.8) is 0 Å². The topological polar surface area (TPSA) is 55.4 Å². The van der Waals surface area contributed by atoms with Crippen LogP contribution in [0.3, 0.4) is 0 Å². The zero-order valence-electron chi connectivity index (χ0n) is 12.4. The minimum absolute atomic E-state index is 0.0877. The standard InChI is InChI=1S/C17H15Cl2NO3/c1-11-8-14(19)6-7-15(11)20-16(21)10-23-17(22)9-12-2-4-13(18)5-3-12/h2-8H,9-10H2,1H3,(H,20,21). The van der Waals surface area contributed by atoms with Gasteiger partial charge in [0.1, 0.15) is 0 Å². The zero-order valence-corrected chi connectivity index (χ0v) is 13.9. The molecule has 0 bridgehead atoms. The average molecular weight is 352 g/mol. The van der Waals surface area contributed by atoms with Gasteiger partial charge in [0.25, 0.3) is 5.91 Å². The van der Waals surface area contributed by atoms with Crippen molar-refractivity contribution >= 4 is 40.8 Å². The van der Waals surface area contributed by atoms with Gasteiger partial charge in [-0.25, -0.2) is 0 Å². The molecule has 0 aliphatic carbocycles. The number of hydrogen-bond acceptors (Lipinski definition) is 3. The molecular formula is C17H15Cl2NO3. The van der Waals surface area contributed by atoms with Crippen molar-refractivity contribution in [1.82, 2.24) is 0 Å². The Morgan fingerprint density at radius 1 is 1.04 bits per heavy atom. The van der Waals surface area contributed by atoms with E-state index in [4.69, 9.17) is 27.9 Å². The molecule has 0 fully saturated rings. The molecule has 0 saturated heterocycles. The first-order chi connectivity index (χ1) is 10.9. The van der Waals surface area contributed by atoms with Crippen LogP contribution < -0.4 is 5.32 Å². The van der Waals surface area contributed by atoms with Crippen molar-refractivity contribution in [1.29, 1.82) is 0 Å². The summed E-state index contributed by atoms with van der Waals surface area (Å²) >= 11 is 11.6. The van der Waals surface area contributed by atoms with E-state index in [0.29, 0.717) is 15.7 Å². The first-order valence-corrected chi connectivity index (χ1v) is 7.66. The van der Waals surface area contributed by atoms with Crippen molar-refractivity contribution in [2.75, 3.05) is 11.9 Å². The maximum atomic E-state index is 11.8. The molecule has 2 aromatic carbocycles. The Morgan fingerprint density at radius 2 is 1.70 bits per heavy atom. The Bertz CT molecular complexity index is 714. The lowest BCUT2D eigenvalue weighted by Crippen LogP contribution is -2.22. The van der Waals surface area contributed by atoms with Crippen molar-refractivity contribution < 1.29 is 14.3 Å². The number of ether oxygens (including phenoxy) is 1. The highest BCUT2D eigenvalue weighted by Gasteiger charge is 2.10. The van der Waals surface area contributed by atoms with E-state index in [0.717, 1.165) is 11.1 Å². The molecule has 23 heavy (non-hydrogen) atoms. The summed E-state index contributed by atoms with van der Waals surface area (Å²) in [6.07, 6.45) is 0.0877. The molecule has 0 aliphatic rings. The first-order valence-electron chi connectivity index (χ1n) is 6.90. The summed E-state index contributed by atoms with van der Waals surface area (Å²) in [6.45, 7) is 1.49. The molecule has 1 N–H and O–H groups in total. The third-order valence-electron chi connectivity index (χ3n) is 3.09. The van der Waals surface area contributed by atoms with E-state index >= 15 is 0 Å². The summed E-state index contributed by atoms with van der Waals surface area (Å²) in [5.41, 5.74) is 2.24. The number of rotatable bonds is 5. The van der Waals surface area contributed by atoms with Gasteiger partial charge in [-0.15, -0.1) is 0 Å². The Morgan fingerprint density at radius 3 is 2.35 bits per heavy atom. The van der Waals surface area contributed by atoms with E-state index in [1.54, 1.807) is 42.5 Å². The third kappa shape index (κ3) is 5.58. The molecule has 120 valence electrons. The molecule has 2 rings (SSSR count). The number of aryl methyl sites for hydroxylation is 1. The molecule has 4 nitrogen and oxygen atoms in total. The van der Waals surface area contributed by atoms with E-state index in [9.17, 15) is 9.59 Å². The Balaban J connectivity index is 1.81. The smallest absolute Gasteiger partial charge is 0.310 e. The number of hydrogen-bond donors (Lipinski definition) is 1. The van der Waals surface area contributed by atoms with Crippen molar-refractivity contribution in [2.45, 2.75) is 13.3 Å². The van der Waals surface area contributed by atoms with Gasteiger partial charge in [0, 0.05) is 15.7 Å². The predicted octanol–water partition coefficient (Wildman–Crippen LogP) is 4.03. The second-order valence-corrected chi connectivity index (χ2v) is 5.84. The van der Waals surface area contributed by atoms with Crippen LogP contribution in [0.15, 0.2) is 42.5 Å². The van der Waals surface area contributed by atoms with Crippen LogP contribution in [0, 0.1) is 6.92 Å². The third-order valence-corrected chi connectivity index (χ3v) is 3.58. The Hall–Kier alpha value is -2.04. The molecule has 6 heteroatoms. The number of carbonyl (C=O) groups is 2. The summed E-state index contributed by atoms with van der Waals surface area (Å²) in [6, 6.07) is 12.0. The van der Waals surface area contributed by atoms with Gasteiger partial charge in [-0.1, -0.05) is 35.3 Å². The zero-order chi connectivity index (χ0) is 16.8. The van der Waals surface area contributed by atoms with Crippen LogP contribution in [0.2, 0.25) is 10.0 Å². The van der Waals surface area contributed by atoms with Crippen molar-refractivity contribution in [2.24, 2.45) is 0 Å². The highest BCUT2D eigenvalue weighted by Crippen LogP contribution is 2.19. The monoisotopic (exact) mass is 351 g/mol. The maximum absolute atomic E-state index is 11.8. The molecule has 0 atom stereocenters. The van der Waals surface area contributed by atoms with Gasteiger partial charge in [-0.2, -0.15) is 0 Å². The highest BCUT2D eigenvalue weighted by atomic mass is 35.5. The van der Waals surface area contributed by atoms with E-state index < -0.39 is 11.9 Å². The molecule has 2 aromatic rings. The number of esters is 1. The van der Waals surface area contributed by atoms with Crippen LogP contribution in [-0.4, -0.2) is 18.5 Å². The number of nitrogens with one attached hydrogen (secondary N) is 1. The van der Waals surface area contributed by atoms with E-state index in [1.807, 2.05) is 6.92 Å². The van der Waals surface area contributed by atoms with Gasteiger partial charge in [0.05, 0.1) is 6.42 Å². The van der Waals surface area contributed by atoms with E-state index in [1.165, 1.54) is 0 Å². The fourth-order valence-corrected chi connectivity index (χ4v) is 2.27. The van der Waals surface area contributed by atoms with Crippen molar-refractivity contribution in [3.8, 4) is 0 Å². The molecule has 0 spiro atoms. The van der Waals surface area contributed by atoms with Gasteiger partial charge in [0.15, 0.2) is 6.61 Å².